The van der Waals surface area contributed by atoms with Gasteiger partial charge in [-0.15, -0.1) is 0 Å². The van der Waals surface area contributed by atoms with E-state index in [1.54, 1.807) is 0 Å². The van der Waals surface area contributed by atoms with Gasteiger partial charge in [0.25, 0.3) is 5.69 Å². The summed E-state index contributed by atoms with van der Waals surface area (Å²) in [4.78, 5) is 25.1. The van der Waals surface area contributed by atoms with E-state index < -0.39 is 10.9 Å². The number of aromatic carboxylic acids is 1. The van der Waals surface area contributed by atoms with Crippen molar-refractivity contribution in [3.63, 3.8) is 0 Å². The van der Waals surface area contributed by atoms with Gasteiger partial charge in [0, 0.05) is 12.3 Å². The number of hydrogen-bond donors (Lipinski definition) is 1. The number of aromatic nitrogens is 1. The standard InChI is InChI=1S/C13H10N2O6/c1-20-9-2-3-11(10(7-9)13(16)17)21-12-6-8(15(18)19)4-5-14-12/h2-7H,1H3,(H,16,17). The van der Waals surface area contributed by atoms with Crippen molar-refractivity contribution in [2.45, 2.75) is 0 Å². The Hall–Kier alpha value is -3.16. The Bertz CT molecular complexity index is 701. The number of nitro groups is 1. The van der Waals surface area contributed by atoms with E-state index in [1.165, 1.54) is 37.6 Å². The number of carbonyl (C=O) groups is 1. The molecule has 0 fully saturated rings. The zero-order valence-electron chi connectivity index (χ0n) is 10.8. The minimum atomic E-state index is -1.21. The molecule has 1 N–H and O–H groups in total. The molecule has 0 saturated heterocycles. The van der Waals surface area contributed by atoms with Gasteiger partial charge in [0.2, 0.25) is 5.88 Å². The first-order valence-corrected chi connectivity index (χ1v) is 5.71. The van der Waals surface area contributed by atoms with Gasteiger partial charge in [-0.05, 0) is 18.2 Å². The lowest BCUT2D eigenvalue weighted by Crippen LogP contribution is -2.01. The molecule has 108 valence electrons. The molecule has 1 heterocycles. The number of nitrogens with zero attached hydrogens (tertiary/aromatic N) is 2. The second kappa shape index (κ2) is 5.87. The summed E-state index contributed by atoms with van der Waals surface area (Å²) in [5, 5.41) is 19.8. The molecule has 8 heteroatoms. The van der Waals surface area contributed by atoms with Crippen LogP contribution in [0.3, 0.4) is 0 Å². The van der Waals surface area contributed by atoms with Crippen molar-refractivity contribution in [2.24, 2.45) is 0 Å². The minimum absolute atomic E-state index is 0.0105. The zero-order valence-corrected chi connectivity index (χ0v) is 10.8. The fourth-order valence-corrected chi connectivity index (χ4v) is 1.57. The second-order valence-corrected chi connectivity index (χ2v) is 3.88. The van der Waals surface area contributed by atoms with E-state index >= 15 is 0 Å². The summed E-state index contributed by atoms with van der Waals surface area (Å²) < 4.78 is 10.2. The van der Waals surface area contributed by atoms with Gasteiger partial charge in [0.15, 0.2) is 0 Å². The lowest BCUT2D eigenvalue weighted by molar-refractivity contribution is -0.385. The molecule has 0 amide bonds. The third kappa shape index (κ3) is 3.24. The third-order valence-electron chi connectivity index (χ3n) is 2.56. The SMILES string of the molecule is COc1ccc(Oc2cc([N+](=O)[O-])ccn2)c(C(=O)O)c1. The van der Waals surface area contributed by atoms with Crippen molar-refractivity contribution >= 4 is 11.7 Å². The Morgan fingerprint density at radius 3 is 2.71 bits per heavy atom. The van der Waals surface area contributed by atoms with Crippen LogP contribution in [0.25, 0.3) is 0 Å². The minimum Gasteiger partial charge on any atom is -0.497 e. The van der Waals surface area contributed by atoms with Crippen LogP contribution in [-0.2, 0) is 0 Å². The fraction of sp³-hybridized carbons (Fsp3) is 0.0769. The highest BCUT2D eigenvalue weighted by Crippen LogP contribution is 2.29. The Kier molecular flexibility index (Phi) is 3.98. The summed E-state index contributed by atoms with van der Waals surface area (Å²) in [6, 6.07) is 6.51. The molecule has 2 aromatic rings. The van der Waals surface area contributed by atoms with Gasteiger partial charge < -0.3 is 14.6 Å². The van der Waals surface area contributed by atoms with E-state index in [0.717, 1.165) is 6.07 Å². The number of ether oxygens (including phenoxy) is 2. The Morgan fingerprint density at radius 1 is 1.33 bits per heavy atom. The van der Waals surface area contributed by atoms with Crippen LogP contribution in [0.15, 0.2) is 36.5 Å². The van der Waals surface area contributed by atoms with Crippen molar-refractivity contribution in [1.82, 2.24) is 4.98 Å². The summed E-state index contributed by atoms with van der Waals surface area (Å²) in [7, 11) is 1.41. The molecule has 0 saturated carbocycles. The topological polar surface area (TPSA) is 112 Å². The number of hydrogen-bond acceptors (Lipinski definition) is 6. The summed E-state index contributed by atoms with van der Waals surface area (Å²) >= 11 is 0. The first-order chi connectivity index (χ1) is 10.0. The van der Waals surface area contributed by atoms with Gasteiger partial charge in [-0.3, -0.25) is 10.1 Å². The number of benzene rings is 1. The number of methoxy groups -OCH3 is 1. The predicted octanol–water partition coefficient (Wildman–Crippen LogP) is 2.49. The van der Waals surface area contributed by atoms with E-state index in [-0.39, 0.29) is 22.9 Å². The first-order valence-electron chi connectivity index (χ1n) is 5.71. The van der Waals surface area contributed by atoms with Gasteiger partial charge >= 0.3 is 5.97 Å². The third-order valence-corrected chi connectivity index (χ3v) is 2.56. The number of rotatable bonds is 5. The highest BCUT2D eigenvalue weighted by Gasteiger charge is 2.15. The number of carboxylic acid groups (broad SMARTS) is 1. The van der Waals surface area contributed by atoms with Crippen molar-refractivity contribution in [2.75, 3.05) is 7.11 Å². The van der Waals surface area contributed by atoms with Crippen molar-refractivity contribution in [3.8, 4) is 17.4 Å². The Balaban J connectivity index is 2.37. The molecule has 2 rings (SSSR count). The predicted molar refractivity (Wildman–Crippen MR) is 70.9 cm³/mol. The maximum absolute atomic E-state index is 11.2. The molecular formula is C13H10N2O6. The average molecular weight is 290 g/mol. The normalized spacial score (nSPS) is 9.95. The van der Waals surface area contributed by atoms with Gasteiger partial charge in [-0.25, -0.2) is 9.78 Å². The van der Waals surface area contributed by atoms with Crippen LogP contribution in [0.2, 0.25) is 0 Å². The van der Waals surface area contributed by atoms with E-state index in [9.17, 15) is 14.9 Å². The lowest BCUT2D eigenvalue weighted by Gasteiger charge is -2.09. The molecule has 0 radical (unpaired) electrons. The highest BCUT2D eigenvalue weighted by molar-refractivity contribution is 5.91. The van der Waals surface area contributed by atoms with Gasteiger partial charge in [0.05, 0.1) is 18.1 Å². The lowest BCUT2D eigenvalue weighted by atomic mass is 10.2. The van der Waals surface area contributed by atoms with Crippen LogP contribution in [0, 0.1) is 10.1 Å². The molecule has 8 nitrogen and oxygen atoms in total. The largest absolute Gasteiger partial charge is 0.497 e. The molecule has 0 aliphatic heterocycles. The van der Waals surface area contributed by atoms with Crippen molar-refractivity contribution < 1.29 is 24.3 Å². The second-order valence-electron chi connectivity index (χ2n) is 3.88. The summed E-state index contributed by atoms with van der Waals surface area (Å²) in [6.07, 6.45) is 1.21. The molecule has 0 bridgehead atoms. The molecule has 21 heavy (non-hydrogen) atoms. The molecule has 0 atom stereocenters. The molecule has 0 aliphatic carbocycles. The fourth-order valence-electron chi connectivity index (χ4n) is 1.57. The van der Waals surface area contributed by atoms with Crippen LogP contribution < -0.4 is 9.47 Å². The van der Waals surface area contributed by atoms with Gasteiger partial charge in [-0.2, -0.15) is 0 Å². The monoisotopic (exact) mass is 290 g/mol. The van der Waals surface area contributed by atoms with Crippen LogP contribution in [0.4, 0.5) is 5.69 Å². The molecule has 0 unspecified atom stereocenters. The van der Waals surface area contributed by atoms with Gasteiger partial charge in [-0.1, -0.05) is 0 Å². The summed E-state index contributed by atoms with van der Waals surface area (Å²) in [5.41, 5.74) is -0.340. The molecule has 0 aliphatic rings. The molecule has 0 spiro atoms. The zero-order chi connectivity index (χ0) is 15.4. The molecular weight excluding hydrogens is 280 g/mol. The maximum atomic E-state index is 11.2. The van der Waals surface area contributed by atoms with E-state index in [0.29, 0.717) is 5.75 Å². The molecule has 1 aromatic carbocycles. The highest BCUT2D eigenvalue weighted by atomic mass is 16.6. The van der Waals surface area contributed by atoms with E-state index in [1.807, 2.05) is 0 Å². The summed E-state index contributed by atoms with van der Waals surface area (Å²) in [5.74, 6) is -0.922. The van der Waals surface area contributed by atoms with E-state index in [2.05, 4.69) is 4.98 Å². The number of carboxylic acids is 1. The van der Waals surface area contributed by atoms with E-state index in [4.69, 9.17) is 14.6 Å². The Labute approximate surface area is 118 Å². The van der Waals surface area contributed by atoms with Crippen LogP contribution in [0.5, 0.6) is 17.4 Å². The molecule has 1 aromatic heterocycles. The quantitative estimate of drug-likeness (QED) is 0.664. The van der Waals surface area contributed by atoms with Crippen molar-refractivity contribution in [1.29, 1.82) is 0 Å². The van der Waals surface area contributed by atoms with Crippen LogP contribution in [0.1, 0.15) is 10.4 Å². The van der Waals surface area contributed by atoms with Gasteiger partial charge in [0.1, 0.15) is 17.1 Å². The van der Waals surface area contributed by atoms with Crippen LogP contribution in [-0.4, -0.2) is 28.1 Å². The maximum Gasteiger partial charge on any atom is 0.339 e. The number of pyridine rings is 1. The smallest absolute Gasteiger partial charge is 0.339 e. The van der Waals surface area contributed by atoms with Crippen LogP contribution >= 0.6 is 0 Å². The average Bonchev–Trinajstić information content (AvgIpc) is 2.47. The van der Waals surface area contributed by atoms with Crippen molar-refractivity contribution in [3.05, 3.63) is 52.2 Å². The summed E-state index contributed by atoms with van der Waals surface area (Å²) in [6.45, 7) is 0. The first kappa shape index (κ1) is 14.3. The Morgan fingerprint density at radius 2 is 2.10 bits per heavy atom.